The highest BCUT2D eigenvalue weighted by molar-refractivity contribution is 7.89. The third kappa shape index (κ3) is 3.94. The summed E-state index contributed by atoms with van der Waals surface area (Å²) >= 11 is 0. The Balaban J connectivity index is 1.42. The lowest BCUT2D eigenvalue weighted by molar-refractivity contribution is 0.391. The highest BCUT2D eigenvalue weighted by atomic mass is 32.2. The first-order valence-corrected chi connectivity index (χ1v) is 11.3. The van der Waals surface area contributed by atoms with Crippen LogP contribution in [0.1, 0.15) is 49.6 Å². The molecule has 2 aromatic rings. The maximum Gasteiger partial charge on any atom is 0.243 e. The SMILES string of the molecule is CC(C)Cc1nnc(CC2CCN(S(=O)(=O)c3ccc4c(c3)CCC4)C2)o1. The van der Waals surface area contributed by atoms with E-state index in [1.165, 1.54) is 11.1 Å². The summed E-state index contributed by atoms with van der Waals surface area (Å²) in [5.41, 5.74) is 2.48. The van der Waals surface area contributed by atoms with Gasteiger partial charge in [-0.3, -0.25) is 0 Å². The van der Waals surface area contributed by atoms with Crippen LogP contribution in [-0.4, -0.2) is 36.0 Å². The van der Waals surface area contributed by atoms with E-state index in [1.807, 2.05) is 12.1 Å². The Kier molecular flexibility index (Phi) is 5.07. The number of hydrogen-bond acceptors (Lipinski definition) is 5. The first kappa shape index (κ1) is 18.6. The van der Waals surface area contributed by atoms with Gasteiger partial charge in [0.15, 0.2) is 0 Å². The summed E-state index contributed by atoms with van der Waals surface area (Å²) in [7, 11) is -3.43. The van der Waals surface area contributed by atoms with Gasteiger partial charge in [0.2, 0.25) is 21.8 Å². The fourth-order valence-electron chi connectivity index (χ4n) is 4.09. The lowest BCUT2D eigenvalue weighted by Crippen LogP contribution is -2.29. The lowest BCUT2D eigenvalue weighted by Gasteiger charge is -2.17. The van der Waals surface area contributed by atoms with Crippen LogP contribution in [0.5, 0.6) is 0 Å². The molecule has 1 aliphatic heterocycles. The topological polar surface area (TPSA) is 76.3 Å². The molecule has 1 aliphatic carbocycles. The number of benzene rings is 1. The van der Waals surface area contributed by atoms with Crippen molar-refractivity contribution in [1.82, 2.24) is 14.5 Å². The summed E-state index contributed by atoms with van der Waals surface area (Å²) < 4.78 is 33.4. The zero-order valence-electron chi connectivity index (χ0n) is 16.0. The van der Waals surface area contributed by atoms with Crippen molar-refractivity contribution < 1.29 is 12.8 Å². The highest BCUT2D eigenvalue weighted by Gasteiger charge is 2.34. The molecular weight excluding hydrogens is 362 g/mol. The van der Waals surface area contributed by atoms with E-state index in [2.05, 4.69) is 24.0 Å². The molecule has 4 rings (SSSR count). The van der Waals surface area contributed by atoms with Gasteiger partial charge >= 0.3 is 0 Å². The number of nitrogens with zero attached hydrogens (tertiary/aromatic N) is 3. The fourth-order valence-corrected chi connectivity index (χ4v) is 5.67. The van der Waals surface area contributed by atoms with Gasteiger partial charge < -0.3 is 4.42 Å². The summed E-state index contributed by atoms with van der Waals surface area (Å²) in [6, 6.07) is 5.63. The molecule has 0 radical (unpaired) electrons. The zero-order valence-corrected chi connectivity index (χ0v) is 16.8. The predicted molar refractivity (Wildman–Crippen MR) is 102 cm³/mol. The van der Waals surface area contributed by atoms with Crippen LogP contribution in [0, 0.1) is 11.8 Å². The van der Waals surface area contributed by atoms with Gasteiger partial charge in [-0.2, -0.15) is 4.31 Å². The molecule has 6 nitrogen and oxygen atoms in total. The molecule has 1 unspecified atom stereocenters. The molecule has 1 saturated heterocycles. The van der Waals surface area contributed by atoms with Gasteiger partial charge in [0.05, 0.1) is 4.90 Å². The van der Waals surface area contributed by atoms with Gasteiger partial charge in [-0.05, 0) is 60.8 Å². The molecule has 0 amide bonds. The maximum atomic E-state index is 13.0. The predicted octanol–water partition coefficient (Wildman–Crippen LogP) is 3.01. The second kappa shape index (κ2) is 7.36. The third-order valence-corrected chi connectivity index (χ3v) is 7.37. The van der Waals surface area contributed by atoms with E-state index >= 15 is 0 Å². The number of fused-ring (bicyclic) bond motifs is 1. The Hall–Kier alpha value is -1.73. The molecule has 27 heavy (non-hydrogen) atoms. The number of aromatic nitrogens is 2. The van der Waals surface area contributed by atoms with Crippen molar-refractivity contribution in [3.63, 3.8) is 0 Å². The summed E-state index contributed by atoms with van der Waals surface area (Å²) in [4.78, 5) is 0.431. The van der Waals surface area contributed by atoms with Crippen LogP contribution in [0.2, 0.25) is 0 Å². The summed E-state index contributed by atoms with van der Waals surface area (Å²) in [6.45, 7) is 5.30. The average Bonchev–Trinajstić information content (AvgIpc) is 3.35. The Morgan fingerprint density at radius 2 is 1.96 bits per heavy atom. The standard InChI is InChI=1S/C20H27N3O3S/c1-14(2)10-19-21-22-20(26-19)11-15-8-9-23(13-15)27(24,25)18-7-6-16-4-3-5-17(16)12-18/h6-7,12,14-15H,3-5,8-11,13H2,1-2H3. The van der Waals surface area contributed by atoms with Crippen molar-refractivity contribution in [2.24, 2.45) is 11.8 Å². The zero-order chi connectivity index (χ0) is 19.0. The number of aryl methyl sites for hydroxylation is 2. The van der Waals surface area contributed by atoms with Crippen molar-refractivity contribution in [2.45, 2.75) is 57.3 Å². The minimum absolute atomic E-state index is 0.224. The Bertz CT molecular complexity index is 920. The molecule has 1 aromatic heterocycles. The van der Waals surface area contributed by atoms with Crippen molar-refractivity contribution >= 4 is 10.0 Å². The summed E-state index contributed by atoms with van der Waals surface area (Å²) in [5, 5.41) is 8.23. The Labute approximate surface area is 161 Å². The van der Waals surface area contributed by atoms with E-state index in [4.69, 9.17) is 4.42 Å². The number of sulfonamides is 1. The van der Waals surface area contributed by atoms with E-state index in [1.54, 1.807) is 10.4 Å². The van der Waals surface area contributed by atoms with E-state index in [-0.39, 0.29) is 5.92 Å². The quantitative estimate of drug-likeness (QED) is 0.759. The molecule has 7 heteroatoms. The van der Waals surface area contributed by atoms with Crippen LogP contribution >= 0.6 is 0 Å². The molecule has 2 heterocycles. The molecular formula is C20H27N3O3S. The van der Waals surface area contributed by atoms with Crippen molar-refractivity contribution in [2.75, 3.05) is 13.1 Å². The van der Waals surface area contributed by atoms with Crippen LogP contribution < -0.4 is 0 Å². The molecule has 1 fully saturated rings. The normalized spacial score (nSPS) is 20.5. The second-order valence-corrected chi connectivity index (χ2v) is 10.1. The molecule has 0 spiro atoms. The van der Waals surface area contributed by atoms with Crippen LogP contribution in [0.3, 0.4) is 0 Å². The average molecular weight is 390 g/mol. The van der Waals surface area contributed by atoms with E-state index in [9.17, 15) is 8.42 Å². The monoisotopic (exact) mass is 389 g/mol. The van der Waals surface area contributed by atoms with Gasteiger partial charge in [-0.1, -0.05) is 19.9 Å². The minimum Gasteiger partial charge on any atom is -0.425 e. The van der Waals surface area contributed by atoms with E-state index in [0.29, 0.717) is 42.1 Å². The smallest absolute Gasteiger partial charge is 0.243 e. The third-order valence-electron chi connectivity index (χ3n) is 5.51. The fraction of sp³-hybridized carbons (Fsp3) is 0.600. The molecule has 0 bridgehead atoms. The summed E-state index contributed by atoms with van der Waals surface area (Å²) in [5.74, 6) is 1.98. The van der Waals surface area contributed by atoms with Crippen molar-refractivity contribution in [3.05, 3.63) is 41.1 Å². The molecule has 146 valence electrons. The molecule has 2 aliphatic rings. The minimum atomic E-state index is -3.43. The van der Waals surface area contributed by atoms with Gasteiger partial charge in [-0.15, -0.1) is 10.2 Å². The van der Waals surface area contributed by atoms with Gasteiger partial charge in [-0.25, -0.2) is 8.42 Å². The van der Waals surface area contributed by atoms with Crippen LogP contribution in [0.25, 0.3) is 0 Å². The van der Waals surface area contributed by atoms with Gasteiger partial charge in [0, 0.05) is 25.9 Å². The Morgan fingerprint density at radius 3 is 2.78 bits per heavy atom. The maximum absolute atomic E-state index is 13.0. The van der Waals surface area contributed by atoms with Crippen LogP contribution in [0.15, 0.2) is 27.5 Å². The van der Waals surface area contributed by atoms with Crippen LogP contribution in [0.4, 0.5) is 0 Å². The number of hydrogen-bond donors (Lipinski definition) is 0. The van der Waals surface area contributed by atoms with Crippen LogP contribution in [-0.2, 0) is 35.7 Å². The first-order valence-electron chi connectivity index (χ1n) is 9.85. The Morgan fingerprint density at radius 1 is 1.19 bits per heavy atom. The van der Waals surface area contributed by atoms with E-state index < -0.39 is 10.0 Å². The highest BCUT2D eigenvalue weighted by Crippen LogP contribution is 2.30. The van der Waals surface area contributed by atoms with Gasteiger partial charge in [0.25, 0.3) is 0 Å². The molecule has 0 saturated carbocycles. The van der Waals surface area contributed by atoms with Gasteiger partial charge in [0.1, 0.15) is 0 Å². The van der Waals surface area contributed by atoms with Crippen molar-refractivity contribution in [1.29, 1.82) is 0 Å². The second-order valence-electron chi connectivity index (χ2n) is 8.19. The molecule has 1 aromatic carbocycles. The number of rotatable bonds is 6. The first-order chi connectivity index (χ1) is 12.9. The summed E-state index contributed by atoms with van der Waals surface area (Å²) in [6.07, 6.45) is 5.40. The van der Waals surface area contributed by atoms with Crippen molar-refractivity contribution in [3.8, 4) is 0 Å². The lowest BCUT2D eigenvalue weighted by atomic mass is 10.1. The molecule has 0 N–H and O–H groups in total. The largest absolute Gasteiger partial charge is 0.425 e. The van der Waals surface area contributed by atoms with E-state index in [0.717, 1.165) is 32.1 Å². The molecule has 1 atom stereocenters.